The molecule has 106 valence electrons. The average molecular weight is 288 g/mol. The number of hydrogen-bond acceptors (Lipinski definition) is 5. The molecule has 0 aliphatic rings. The predicted octanol–water partition coefficient (Wildman–Crippen LogP) is 2.01. The number of nitrogens with one attached hydrogen (secondary N) is 1. The first-order valence-electron chi connectivity index (χ1n) is 5.75. The van der Waals surface area contributed by atoms with Gasteiger partial charge in [0.25, 0.3) is 0 Å². The van der Waals surface area contributed by atoms with Gasteiger partial charge in [0.2, 0.25) is 0 Å². The van der Waals surface area contributed by atoms with Crippen molar-refractivity contribution < 1.29 is 19.0 Å². The molecule has 19 heavy (non-hydrogen) atoms. The van der Waals surface area contributed by atoms with Gasteiger partial charge in [-0.15, -0.1) is 0 Å². The number of ether oxygens (including phenoxy) is 3. The van der Waals surface area contributed by atoms with E-state index in [-0.39, 0.29) is 5.97 Å². The molecule has 0 amide bonds. The van der Waals surface area contributed by atoms with Crippen LogP contribution in [0.1, 0.15) is 12.5 Å². The Morgan fingerprint density at radius 1 is 1.32 bits per heavy atom. The van der Waals surface area contributed by atoms with E-state index in [9.17, 15) is 4.79 Å². The lowest BCUT2D eigenvalue weighted by Gasteiger charge is -2.15. The Morgan fingerprint density at radius 2 is 2.00 bits per heavy atom. The molecule has 0 aromatic heterocycles. The van der Waals surface area contributed by atoms with E-state index in [1.54, 1.807) is 20.1 Å². The lowest BCUT2D eigenvalue weighted by Crippen LogP contribution is -2.34. The Labute approximate surface area is 117 Å². The summed E-state index contributed by atoms with van der Waals surface area (Å²) in [6.45, 7) is 2.15. The molecule has 0 bridgehead atoms. The summed E-state index contributed by atoms with van der Waals surface area (Å²) >= 11 is 6.23. The minimum absolute atomic E-state index is 0.323. The minimum atomic E-state index is -0.408. The van der Waals surface area contributed by atoms with Gasteiger partial charge in [0, 0.05) is 6.54 Å². The molecule has 1 aromatic carbocycles. The Kier molecular flexibility index (Phi) is 5.92. The van der Waals surface area contributed by atoms with Crippen molar-refractivity contribution in [3.63, 3.8) is 0 Å². The van der Waals surface area contributed by atoms with Crippen molar-refractivity contribution in [2.75, 3.05) is 21.3 Å². The molecule has 0 saturated heterocycles. The third-order valence-corrected chi connectivity index (χ3v) is 3.13. The smallest absolute Gasteiger partial charge is 0.322 e. The summed E-state index contributed by atoms with van der Waals surface area (Å²) in [5.41, 5.74) is 0.815. The van der Waals surface area contributed by atoms with Gasteiger partial charge in [-0.05, 0) is 18.6 Å². The van der Waals surface area contributed by atoms with E-state index in [4.69, 9.17) is 21.1 Å². The fraction of sp³-hybridized carbons (Fsp3) is 0.462. The van der Waals surface area contributed by atoms with Gasteiger partial charge in [0.15, 0.2) is 11.5 Å². The SMILES string of the molecule is COC(=O)C(C)NCc1ccc(OC)c(OC)c1Cl. The summed E-state index contributed by atoms with van der Waals surface area (Å²) in [5.74, 6) is 0.725. The zero-order chi connectivity index (χ0) is 14.4. The normalized spacial score (nSPS) is 11.8. The van der Waals surface area contributed by atoms with Crippen LogP contribution in [-0.4, -0.2) is 33.3 Å². The summed E-state index contributed by atoms with van der Waals surface area (Å²) in [4.78, 5) is 11.3. The standard InChI is InChI=1S/C13H18ClNO4/c1-8(13(16)19-4)15-7-9-5-6-10(17-2)12(18-3)11(9)14/h5-6,8,15H,7H2,1-4H3. The largest absolute Gasteiger partial charge is 0.493 e. The average Bonchev–Trinajstić information content (AvgIpc) is 2.44. The van der Waals surface area contributed by atoms with Crippen LogP contribution in [0.3, 0.4) is 0 Å². The second-order valence-electron chi connectivity index (χ2n) is 3.90. The van der Waals surface area contributed by atoms with Crippen molar-refractivity contribution in [3.05, 3.63) is 22.7 Å². The molecule has 0 spiro atoms. The summed E-state index contributed by atoms with van der Waals surface area (Å²) < 4.78 is 15.0. The van der Waals surface area contributed by atoms with Crippen LogP contribution in [-0.2, 0) is 16.1 Å². The van der Waals surface area contributed by atoms with Gasteiger partial charge >= 0.3 is 5.97 Å². The van der Waals surface area contributed by atoms with Crippen LogP contribution >= 0.6 is 11.6 Å². The Bertz CT molecular complexity index is 451. The summed E-state index contributed by atoms with van der Waals surface area (Å²) in [5, 5.41) is 3.49. The van der Waals surface area contributed by atoms with E-state index in [0.717, 1.165) is 5.56 Å². The Morgan fingerprint density at radius 3 is 2.53 bits per heavy atom. The molecule has 0 radical (unpaired) electrons. The number of carbonyl (C=O) groups is 1. The van der Waals surface area contributed by atoms with Gasteiger partial charge in [-0.25, -0.2) is 0 Å². The molecule has 1 rings (SSSR count). The van der Waals surface area contributed by atoms with Gasteiger partial charge in [0.1, 0.15) is 6.04 Å². The van der Waals surface area contributed by atoms with Crippen LogP contribution in [0.15, 0.2) is 12.1 Å². The quantitative estimate of drug-likeness (QED) is 0.811. The molecule has 1 atom stereocenters. The highest BCUT2D eigenvalue weighted by Gasteiger charge is 2.16. The molecule has 0 aliphatic carbocycles. The highest BCUT2D eigenvalue weighted by Crippen LogP contribution is 2.37. The maximum absolute atomic E-state index is 11.3. The minimum Gasteiger partial charge on any atom is -0.493 e. The lowest BCUT2D eigenvalue weighted by molar-refractivity contribution is -0.142. The highest BCUT2D eigenvalue weighted by atomic mass is 35.5. The molecule has 1 N–H and O–H groups in total. The van der Waals surface area contributed by atoms with E-state index in [2.05, 4.69) is 10.1 Å². The maximum Gasteiger partial charge on any atom is 0.322 e. The molecule has 5 nitrogen and oxygen atoms in total. The molecule has 0 saturated carbocycles. The molecule has 1 aromatic rings. The van der Waals surface area contributed by atoms with E-state index >= 15 is 0 Å². The number of carbonyl (C=O) groups excluding carboxylic acids is 1. The molecule has 0 heterocycles. The molecular weight excluding hydrogens is 270 g/mol. The Balaban J connectivity index is 2.82. The number of methoxy groups -OCH3 is 3. The first-order chi connectivity index (χ1) is 9.04. The lowest BCUT2D eigenvalue weighted by atomic mass is 10.2. The molecule has 1 unspecified atom stereocenters. The second kappa shape index (κ2) is 7.21. The van der Waals surface area contributed by atoms with Crippen molar-refractivity contribution in [3.8, 4) is 11.5 Å². The predicted molar refractivity (Wildman–Crippen MR) is 72.9 cm³/mol. The summed E-state index contributed by atoms with van der Waals surface area (Å²) in [7, 11) is 4.42. The first-order valence-corrected chi connectivity index (χ1v) is 6.13. The van der Waals surface area contributed by atoms with Gasteiger partial charge in [-0.1, -0.05) is 17.7 Å². The fourth-order valence-electron chi connectivity index (χ4n) is 1.59. The number of esters is 1. The number of rotatable bonds is 6. The first kappa shape index (κ1) is 15.6. The topological polar surface area (TPSA) is 56.8 Å². The van der Waals surface area contributed by atoms with Crippen molar-refractivity contribution in [2.24, 2.45) is 0 Å². The van der Waals surface area contributed by atoms with E-state index in [1.807, 2.05) is 6.07 Å². The Hall–Kier alpha value is -1.46. The van der Waals surface area contributed by atoms with E-state index in [1.165, 1.54) is 14.2 Å². The van der Waals surface area contributed by atoms with Crippen LogP contribution in [0.25, 0.3) is 0 Å². The number of halogens is 1. The van der Waals surface area contributed by atoms with Crippen LogP contribution < -0.4 is 14.8 Å². The van der Waals surface area contributed by atoms with Crippen molar-refractivity contribution in [1.29, 1.82) is 0 Å². The van der Waals surface area contributed by atoms with Crippen molar-refractivity contribution in [2.45, 2.75) is 19.5 Å². The van der Waals surface area contributed by atoms with Gasteiger partial charge in [-0.3, -0.25) is 4.79 Å². The van der Waals surface area contributed by atoms with Gasteiger partial charge < -0.3 is 19.5 Å². The number of hydrogen-bond donors (Lipinski definition) is 1. The van der Waals surface area contributed by atoms with E-state index < -0.39 is 6.04 Å². The van der Waals surface area contributed by atoms with Gasteiger partial charge in [-0.2, -0.15) is 0 Å². The van der Waals surface area contributed by atoms with Crippen LogP contribution in [0.5, 0.6) is 11.5 Å². The highest BCUT2D eigenvalue weighted by molar-refractivity contribution is 6.33. The summed E-state index contributed by atoms with van der Waals surface area (Å²) in [6.07, 6.45) is 0. The van der Waals surface area contributed by atoms with Crippen LogP contribution in [0, 0.1) is 0 Å². The molecular formula is C13H18ClNO4. The maximum atomic E-state index is 11.3. The van der Waals surface area contributed by atoms with Gasteiger partial charge in [0.05, 0.1) is 26.4 Å². The van der Waals surface area contributed by atoms with Crippen LogP contribution in [0.4, 0.5) is 0 Å². The third-order valence-electron chi connectivity index (χ3n) is 2.72. The second-order valence-corrected chi connectivity index (χ2v) is 4.28. The number of benzene rings is 1. The van der Waals surface area contributed by atoms with Crippen LogP contribution in [0.2, 0.25) is 5.02 Å². The zero-order valence-electron chi connectivity index (χ0n) is 11.5. The third kappa shape index (κ3) is 3.75. The summed E-state index contributed by atoms with van der Waals surface area (Å²) in [6, 6.07) is 3.18. The van der Waals surface area contributed by atoms with Crippen molar-refractivity contribution >= 4 is 17.6 Å². The molecule has 0 aliphatic heterocycles. The zero-order valence-corrected chi connectivity index (χ0v) is 12.2. The molecule has 0 fully saturated rings. The fourth-order valence-corrected chi connectivity index (χ4v) is 1.89. The van der Waals surface area contributed by atoms with Crippen molar-refractivity contribution in [1.82, 2.24) is 5.32 Å². The van der Waals surface area contributed by atoms with E-state index in [0.29, 0.717) is 23.1 Å². The molecule has 6 heteroatoms. The monoisotopic (exact) mass is 287 g/mol.